The van der Waals surface area contributed by atoms with Crippen LogP contribution in [0.15, 0.2) is 54.6 Å². The summed E-state index contributed by atoms with van der Waals surface area (Å²) < 4.78 is 0. The minimum absolute atomic E-state index is 0.0142. The van der Waals surface area contributed by atoms with Crippen molar-refractivity contribution in [3.05, 3.63) is 65.7 Å². The summed E-state index contributed by atoms with van der Waals surface area (Å²) in [6.07, 6.45) is 0. The smallest absolute Gasteiger partial charge is 0.142 e. The summed E-state index contributed by atoms with van der Waals surface area (Å²) in [5, 5.41) is 3.73. The number of piperidine rings is 1. The van der Waals surface area contributed by atoms with Crippen LogP contribution >= 0.6 is 0 Å². The van der Waals surface area contributed by atoms with Gasteiger partial charge in [-0.1, -0.05) is 56.3 Å². The van der Waals surface area contributed by atoms with Crippen LogP contribution in [0, 0.1) is 11.8 Å². The number of nitrogens with one attached hydrogen (secondary N) is 1. The van der Waals surface area contributed by atoms with Crippen LogP contribution in [-0.4, -0.2) is 19.9 Å². The molecule has 2 aromatic carbocycles. The van der Waals surface area contributed by atoms with Crippen LogP contribution < -0.4 is 10.2 Å². The van der Waals surface area contributed by atoms with Gasteiger partial charge in [0.25, 0.3) is 0 Å². The summed E-state index contributed by atoms with van der Waals surface area (Å²) in [5.41, 5.74) is 3.52. The number of nitrogens with zero attached hydrogens (tertiary/aromatic N) is 1. The molecule has 4 unspecified atom stereocenters. The third-order valence-electron chi connectivity index (χ3n) is 5.18. The molecule has 3 rings (SSSR count). The molecule has 0 amide bonds. The van der Waals surface area contributed by atoms with E-state index in [1.54, 1.807) is 0 Å². The second-order valence-electron chi connectivity index (χ2n) is 7.00. The maximum atomic E-state index is 12.8. The summed E-state index contributed by atoms with van der Waals surface area (Å²) in [6.45, 7) is 4.08. The van der Waals surface area contributed by atoms with E-state index in [9.17, 15) is 4.79 Å². The number of carbonyl (C=O) groups excluding carboxylic acids is 1. The van der Waals surface area contributed by atoms with Gasteiger partial charge in [-0.25, -0.2) is 0 Å². The van der Waals surface area contributed by atoms with Crippen molar-refractivity contribution in [2.45, 2.75) is 25.9 Å². The van der Waals surface area contributed by atoms with Crippen molar-refractivity contribution in [3.8, 4) is 0 Å². The average molecular weight is 322 g/mol. The molecular formula is C21H26N2O. The zero-order valence-electron chi connectivity index (χ0n) is 14.9. The quantitative estimate of drug-likeness (QED) is 0.928. The molecule has 0 aromatic heterocycles. The standard InChI is InChI=1S/C21H26N2O/c1-14-19(16-8-6-5-7-9-16)22-20(15(2)21(14)24)17-10-12-18(13-11-17)23(3)4/h5-15,19-20,22H,1-4H3. The highest BCUT2D eigenvalue weighted by Gasteiger charge is 2.39. The van der Waals surface area contributed by atoms with Crippen molar-refractivity contribution in [2.75, 3.05) is 19.0 Å². The molecule has 1 heterocycles. The molecule has 1 saturated heterocycles. The number of anilines is 1. The van der Waals surface area contributed by atoms with Gasteiger partial charge in [0, 0.05) is 43.7 Å². The van der Waals surface area contributed by atoms with Gasteiger partial charge >= 0.3 is 0 Å². The lowest BCUT2D eigenvalue weighted by Gasteiger charge is -2.39. The van der Waals surface area contributed by atoms with Crippen LogP contribution in [0.1, 0.15) is 37.1 Å². The van der Waals surface area contributed by atoms with Crippen molar-refractivity contribution >= 4 is 11.5 Å². The number of hydrogen-bond acceptors (Lipinski definition) is 3. The Bertz CT molecular complexity index is 694. The predicted octanol–water partition coefficient (Wildman–Crippen LogP) is 3.98. The lowest BCUT2D eigenvalue weighted by molar-refractivity contribution is -0.130. The monoisotopic (exact) mass is 322 g/mol. The number of ketones is 1. The van der Waals surface area contributed by atoms with E-state index in [-0.39, 0.29) is 23.9 Å². The Morgan fingerprint density at radius 2 is 1.29 bits per heavy atom. The first-order chi connectivity index (χ1) is 11.5. The van der Waals surface area contributed by atoms with Gasteiger partial charge in [-0.2, -0.15) is 0 Å². The fourth-order valence-electron chi connectivity index (χ4n) is 3.64. The molecule has 1 N–H and O–H groups in total. The van der Waals surface area contributed by atoms with Crippen molar-refractivity contribution < 1.29 is 4.79 Å². The van der Waals surface area contributed by atoms with Crippen molar-refractivity contribution in [2.24, 2.45) is 11.8 Å². The van der Waals surface area contributed by atoms with Gasteiger partial charge in [-0.3, -0.25) is 4.79 Å². The molecule has 3 heteroatoms. The summed E-state index contributed by atoms with van der Waals surface area (Å²) >= 11 is 0. The third-order valence-corrected chi connectivity index (χ3v) is 5.18. The molecule has 1 aliphatic rings. The van der Waals surface area contributed by atoms with E-state index in [1.807, 2.05) is 46.1 Å². The van der Waals surface area contributed by atoms with Crippen LogP contribution in [-0.2, 0) is 4.79 Å². The number of hydrogen-bond donors (Lipinski definition) is 1. The minimum atomic E-state index is -0.0230. The first-order valence-corrected chi connectivity index (χ1v) is 8.61. The Morgan fingerprint density at radius 1 is 0.792 bits per heavy atom. The first kappa shape index (κ1) is 16.7. The molecule has 0 aliphatic carbocycles. The molecule has 3 nitrogen and oxygen atoms in total. The van der Waals surface area contributed by atoms with Crippen LogP contribution in [0.3, 0.4) is 0 Å². The van der Waals surface area contributed by atoms with Gasteiger partial charge in [-0.05, 0) is 23.3 Å². The first-order valence-electron chi connectivity index (χ1n) is 8.61. The van der Waals surface area contributed by atoms with Crippen molar-refractivity contribution in [3.63, 3.8) is 0 Å². The van der Waals surface area contributed by atoms with E-state index >= 15 is 0 Å². The number of rotatable bonds is 3. The zero-order valence-corrected chi connectivity index (χ0v) is 14.9. The van der Waals surface area contributed by atoms with Gasteiger partial charge in [0.05, 0.1) is 0 Å². The van der Waals surface area contributed by atoms with E-state index < -0.39 is 0 Å². The molecule has 0 radical (unpaired) electrons. The lowest BCUT2D eigenvalue weighted by atomic mass is 9.76. The Labute approximate surface area is 144 Å². The van der Waals surface area contributed by atoms with E-state index in [0.717, 1.165) is 0 Å². The molecule has 4 atom stereocenters. The van der Waals surface area contributed by atoms with Crippen LogP contribution in [0.4, 0.5) is 5.69 Å². The second kappa shape index (κ2) is 6.78. The second-order valence-corrected chi connectivity index (χ2v) is 7.00. The van der Waals surface area contributed by atoms with E-state index in [4.69, 9.17) is 0 Å². The van der Waals surface area contributed by atoms with Crippen molar-refractivity contribution in [1.82, 2.24) is 5.32 Å². The molecule has 1 aliphatic heterocycles. The lowest BCUT2D eigenvalue weighted by Crippen LogP contribution is -2.46. The Hall–Kier alpha value is -2.13. The third kappa shape index (κ3) is 3.09. The number of carbonyl (C=O) groups is 1. The SMILES string of the molecule is CC1C(=O)C(C)C(c2ccc(N(C)C)cc2)NC1c1ccccc1. The van der Waals surface area contributed by atoms with E-state index in [1.165, 1.54) is 16.8 Å². The normalized spacial score (nSPS) is 27.1. The van der Waals surface area contributed by atoms with E-state index in [2.05, 4.69) is 46.6 Å². The van der Waals surface area contributed by atoms with E-state index in [0.29, 0.717) is 5.78 Å². The highest BCUT2D eigenvalue weighted by molar-refractivity contribution is 5.85. The fraction of sp³-hybridized carbons (Fsp3) is 0.381. The summed E-state index contributed by atoms with van der Waals surface area (Å²) in [4.78, 5) is 14.9. The number of benzene rings is 2. The molecular weight excluding hydrogens is 296 g/mol. The maximum Gasteiger partial charge on any atom is 0.142 e. The molecule has 2 aromatic rings. The topological polar surface area (TPSA) is 32.3 Å². The maximum absolute atomic E-state index is 12.8. The van der Waals surface area contributed by atoms with Gasteiger partial charge < -0.3 is 10.2 Å². The van der Waals surface area contributed by atoms with Crippen LogP contribution in [0.5, 0.6) is 0 Å². The zero-order chi connectivity index (χ0) is 17.3. The van der Waals surface area contributed by atoms with Gasteiger partial charge in [0.1, 0.15) is 5.78 Å². The predicted molar refractivity (Wildman–Crippen MR) is 99.2 cm³/mol. The Morgan fingerprint density at radius 3 is 1.79 bits per heavy atom. The molecule has 0 saturated carbocycles. The van der Waals surface area contributed by atoms with Gasteiger partial charge in [0.15, 0.2) is 0 Å². The van der Waals surface area contributed by atoms with Gasteiger partial charge in [0.2, 0.25) is 0 Å². The summed E-state index contributed by atoms with van der Waals surface area (Å²) in [5.74, 6) is 0.300. The highest BCUT2D eigenvalue weighted by Crippen LogP contribution is 2.38. The molecule has 0 bridgehead atoms. The highest BCUT2D eigenvalue weighted by atomic mass is 16.1. The Kier molecular flexibility index (Phi) is 4.72. The average Bonchev–Trinajstić information content (AvgIpc) is 2.61. The van der Waals surface area contributed by atoms with Gasteiger partial charge in [-0.15, -0.1) is 0 Å². The van der Waals surface area contributed by atoms with Crippen molar-refractivity contribution in [1.29, 1.82) is 0 Å². The molecule has 24 heavy (non-hydrogen) atoms. The van der Waals surface area contributed by atoms with Crippen LogP contribution in [0.25, 0.3) is 0 Å². The molecule has 1 fully saturated rings. The Balaban J connectivity index is 1.91. The number of Topliss-reactive ketones (excluding diaryl/α,β-unsaturated/α-hetero) is 1. The molecule has 0 spiro atoms. The summed E-state index contributed by atoms with van der Waals surface area (Å²) in [6, 6.07) is 18.9. The largest absolute Gasteiger partial charge is 0.378 e. The minimum Gasteiger partial charge on any atom is -0.378 e. The summed E-state index contributed by atoms with van der Waals surface area (Å²) in [7, 11) is 4.07. The van der Waals surface area contributed by atoms with Crippen LogP contribution in [0.2, 0.25) is 0 Å². The fourth-order valence-corrected chi connectivity index (χ4v) is 3.64. The molecule has 126 valence electrons.